The number of rotatable bonds is 4. The van der Waals surface area contributed by atoms with E-state index in [-0.39, 0.29) is 0 Å². The summed E-state index contributed by atoms with van der Waals surface area (Å²) in [6.07, 6.45) is 2.82. The minimum atomic E-state index is 0.949. The van der Waals surface area contributed by atoms with Crippen molar-refractivity contribution in [3.05, 3.63) is 42.4 Å². The first-order valence-corrected chi connectivity index (χ1v) is 4.57. The molecule has 12 heavy (non-hydrogen) atoms. The van der Waals surface area contributed by atoms with Crippen LogP contribution in [0.15, 0.2) is 30.3 Å². The molecule has 1 N–H and O–H groups in total. The van der Waals surface area contributed by atoms with Crippen LogP contribution in [0.25, 0.3) is 0 Å². The van der Waals surface area contributed by atoms with E-state index in [1.54, 1.807) is 0 Å². The molecule has 1 aromatic carbocycles. The average Bonchev–Trinajstić information content (AvgIpc) is 2.90. The molecule has 1 fully saturated rings. The molecule has 0 bridgehead atoms. The topological polar surface area (TPSA) is 12.0 Å². The molecule has 1 heteroatoms. The predicted molar refractivity (Wildman–Crippen MR) is 50.6 cm³/mol. The lowest BCUT2D eigenvalue weighted by molar-refractivity contribution is 0.720. The Balaban J connectivity index is 1.72. The number of benzene rings is 1. The number of nitrogens with one attached hydrogen (secondary N) is 1. The van der Waals surface area contributed by atoms with Crippen LogP contribution >= 0.6 is 0 Å². The standard InChI is InChI=1S/C11H14N/c1-2-4-10(5-3-1)8-12-9-11-6-7-11/h1-5,8,11-12H,6-7,9H2. The van der Waals surface area contributed by atoms with Crippen molar-refractivity contribution in [1.29, 1.82) is 0 Å². The van der Waals surface area contributed by atoms with E-state index < -0.39 is 0 Å². The minimum absolute atomic E-state index is 0.949. The summed E-state index contributed by atoms with van der Waals surface area (Å²) in [5, 5.41) is 3.34. The molecule has 0 saturated heterocycles. The maximum Gasteiger partial charge on any atom is 0.0518 e. The van der Waals surface area contributed by atoms with Gasteiger partial charge in [0.1, 0.15) is 0 Å². The maximum atomic E-state index is 3.34. The van der Waals surface area contributed by atoms with E-state index in [0.717, 1.165) is 12.5 Å². The molecule has 0 amide bonds. The van der Waals surface area contributed by atoms with Gasteiger partial charge in [0, 0.05) is 0 Å². The Morgan fingerprint density at radius 2 is 2.00 bits per heavy atom. The first-order chi connectivity index (χ1) is 5.95. The third-order valence-electron chi connectivity index (χ3n) is 2.17. The summed E-state index contributed by atoms with van der Waals surface area (Å²) in [5.41, 5.74) is 1.26. The quantitative estimate of drug-likeness (QED) is 0.712. The molecule has 1 nitrogen and oxygen atoms in total. The molecular formula is C11H14N. The zero-order valence-electron chi connectivity index (χ0n) is 7.16. The van der Waals surface area contributed by atoms with Gasteiger partial charge in [0.25, 0.3) is 0 Å². The van der Waals surface area contributed by atoms with Crippen molar-refractivity contribution < 1.29 is 0 Å². The smallest absolute Gasteiger partial charge is 0.0518 e. The molecule has 0 aliphatic heterocycles. The average molecular weight is 160 g/mol. The Bertz CT molecular complexity index is 226. The van der Waals surface area contributed by atoms with E-state index in [0.29, 0.717) is 0 Å². The van der Waals surface area contributed by atoms with Crippen molar-refractivity contribution in [2.75, 3.05) is 6.54 Å². The molecule has 63 valence electrons. The molecular weight excluding hydrogens is 146 g/mol. The van der Waals surface area contributed by atoms with E-state index in [1.807, 2.05) is 6.07 Å². The Morgan fingerprint density at radius 1 is 1.25 bits per heavy atom. The second kappa shape index (κ2) is 3.72. The van der Waals surface area contributed by atoms with Crippen molar-refractivity contribution in [2.24, 2.45) is 5.92 Å². The molecule has 1 radical (unpaired) electrons. The number of hydrogen-bond donors (Lipinski definition) is 1. The van der Waals surface area contributed by atoms with Gasteiger partial charge in [-0.15, -0.1) is 0 Å². The molecule has 0 unspecified atom stereocenters. The summed E-state index contributed by atoms with van der Waals surface area (Å²) >= 11 is 0. The van der Waals surface area contributed by atoms with E-state index >= 15 is 0 Å². The summed E-state index contributed by atoms with van der Waals surface area (Å²) in [4.78, 5) is 0. The second-order valence-corrected chi connectivity index (χ2v) is 3.41. The zero-order valence-corrected chi connectivity index (χ0v) is 7.16. The Morgan fingerprint density at radius 3 is 2.67 bits per heavy atom. The largest absolute Gasteiger partial charge is 0.308 e. The van der Waals surface area contributed by atoms with Gasteiger partial charge in [-0.05, 0) is 30.9 Å². The van der Waals surface area contributed by atoms with Crippen LogP contribution in [-0.2, 0) is 0 Å². The lowest BCUT2D eigenvalue weighted by atomic mass is 10.2. The van der Waals surface area contributed by atoms with Crippen molar-refractivity contribution >= 4 is 0 Å². The highest BCUT2D eigenvalue weighted by Crippen LogP contribution is 2.27. The maximum absolute atomic E-state index is 3.34. The summed E-state index contributed by atoms with van der Waals surface area (Å²) in [6, 6.07) is 10.4. The molecule has 0 heterocycles. The summed E-state index contributed by atoms with van der Waals surface area (Å²) in [5.74, 6) is 0.949. The van der Waals surface area contributed by atoms with E-state index in [1.165, 1.54) is 18.4 Å². The van der Waals surface area contributed by atoms with Gasteiger partial charge < -0.3 is 5.32 Å². The molecule has 1 saturated carbocycles. The molecule has 2 rings (SSSR count). The van der Waals surface area contributed by atoms with Gasteiger partial charge in [-0.2, -0.15) is 0 Å². The lowest BCUT2D eigenvalue weighted by Gasteiger charge is -2.01. The second-order valence-electron chi connectivity index (χ2n) is 3.41. The summed E-state index contributed by atoms with van der Waals surface area (Å²) in [6.45, 7) is 3.24. The summed E-state index contributed by atoms with van der Waals surface area (Å²) < 4.78 is 0. The highest BCUT2D eigenvalue weighted by atomic mass is 14.9. The van der Waals surface area contributed by atoms with Crippen molar-refractivity contribution in [3.8, 4) is 0 Å². The molecule has 1 aliphatic carbocycles. The fourth-order valence-corrected chi connectivity index (χ4v) is 1.21. The fraction of sp³-hybridized carbons (Fsp3) is 0.364. The lowest BCUT2D eigenvalue weighted by Crippen LogP contribution is -2.13. The van der Waals surface area contributed by atoms with Crippen LogP contribution in [0.1, 0.15) is 18.4 Å². The van der Waals surface area contributed by atoms with Crippen LogP contribution in [-0.4, -0.2) is 6.54 Å². The van der Waals surface area contributed by atoms with E-state index in [2.05, 4.69) is 36.1 Å². The minimum Gasteiger partial charge on any atom is -0.308 e. The molecule has 0 atom stereocenters. The first kappa shape index (κ1) is 7.81. The highest BCUT2D eigenvalue weighted by molar-refractivity contribution is 5.21. The van der Waals surface area contributed by atoms with Gasteiger partial charge in [0.2, 0.25) is 0 Å². The van der Waals surface area contributed by atoms with Crippen LogP contribution in [0.3, 0.4) is 0 Å². The SMILES string of the molecule is [CH](NCC1CC1)c1ccccc1. The van der Waals surface area contributed by atoms with E-state index in [4.69, 9.17) is 0 Å². The Hall–Kier alpha value is -0.820. The van der Waals surface area contributed by atoms with Gasteiger partial charge in [-0.25, -0.2) is 0 Å². The van der Waals surface area contributed by atoms with Crippen molar-refractivity contribution in [2.45, 2.75) is 12.8 Å². The Kier molecular flexibility index (Phi) is 2.42. The van der Waals surface area contributed by atoms with Crippen LogP contribution in [0, 0.1) is 12.5 Å². The third-order valence-corrected chi connectivity index (χ3v) is 2.17. The first-order valence-electron chi connectivity index (χ1n) is 4.57. The zero-order chi connectivity index (χ0) is 8.23. The number of hydrogen-bond acceptors (Lipinski definition) is 1. The van der Waals surface area contributed by atoms with Gasteiger partial charge in [0.05, 0.1) is 6.54 Å². The summed E-state index contributed by atoms with van der Waals surface area (Å²) in [7, 11) is 0. The molecule has 1 aromatic rings. The van der Waals surface area contributed by atoms with Gasteiger partial charge in [0.15, 0.2) is 0 Å². The molecule has 1 aliphatic rings. The van der Waals surface area contributed by atoms with Crippen LogP contribution in [0.4, 0.5) is 0 Å². The monoisotopic (exact) mass is 160 g/mol. The highest BCUT2D eigenvalue weighted by Gasteiger charge is 2.19. The Labute approximate surface area is 73.8 Å². The molecule has 0 spiro atoms. The van der Waals surface area contributed by atoms with Crippen molar-refractivity contribution in [3.63, 3.8) is 0 Å². The van der Waals surface area contributed by atoms with Crippen LogP contribution in [0.5, 0.6) is 0 Å². The van der Waals surface area contributed by atoms with Gasteiger partial charge >= 0.3 is 0 Å². The normalized spacial score (nSPS) is 16.3. The van der Waals surface area contributed by atoms with Gasteiger partial charge in [-0.3, -0.25) is 0 Å². The van der Waals surface area contributed by atoms with Crippen molar-refractivity contribution in [1.82, 2.24) is 5.32 Å². The predicted octanol–water partition coefficient (Wildman–Crippen LogP) is 2.20. The fourth-order valence-electron chi connectivity index (χ4n) is 1.21. The third kappa shape index (κ3) is 2.35. The van der Waals surface area contributed by atoms with Crippen LogP contribution in [0.2, 0.25) is 0 Å². The van der Waals surface area contributed by atoms with Gasteiger partial charge in [-0.1, -0.05) is 30.3 Å². The van der Waals surface area contributed by atoms with Crippen LogP contribution < -0.4 is 5.32 Å². The van der Waals surface area contributed by atoms with E-state index in [9.17, 15) is 0 Å². The molecule has 0 aromatic heterocycles.